The fourth-order valence-corrected chi connectivity index (χ4v) is 5.17. The van der Waals surface area contributed by atoms with E-state index in [0.29, 0.717) is 66.8 Å². The molecule has 45 heavy (non-hydrogen) atoms. The predicted molar refractivity (Wildman–Crippen MR) is 177 cm³/mol. The second-order valence-electron chi connectivity index (χ2n) is 12.4. The number of aromatic nitrogens is 4. The molecule has 0 spiro atoms. The number of carbonyl (C=O) groups is 3. The number of hydrogen-bond acceptors (Lipinski definition) is 10. The normalized spacial score (nSPS) is 15.4. The molecule has 14 nitrogen and oxygen atoms in total. The van der Waals surface area contributed by atoms with E-state index in [1.165, 1.54) is 7.11 Å². The number of β-amino-alcohol motifs (C(OH)–C–C–N with tert-alkyl or cyclic N) is 1. The summed E-state index contributed by atoms with van der Waals surface area (Å²) in [6.45, 7) is 3.22. The number of aryl methyl sites for hydroxylation is 1. The predicted octanol–water partition coefficient (Wildman–Crippen LogP) is -2.03. The van der Waals surface area contributed by atoms with Gasteiger partial charge in [0.05, 0.1) is 30.8 Å². The van der Waals surface area contributed by atoms with E-state index < -0.39 is 11.1 Å². The molecule has 0 bridgehead atoms. The van der Waals surface area contributed by atoms with E-state index in [1.54, 1.807) is 34.8 Å². The minimum absolute atomic E-state index is 0.0325. The number of nitrogens with zero attached hydrogens (tertiary/aromatic N) is 6. The van der Waals surface area contributed by atoms with Gasteiger partial charge in [0.15, 0.2) is 17.3 Å². The quantitative estimate of drug-likeness (QED) is 0.177. The minimum Gasteiger partial charge on any atom is -0.494 e. The van der Waals surface area contributed by atoms with Gasteiger partial charge < -0.3 is 30.7 Å². The Hall–Kier alpha value is -4.37. The SMILES string of the molecule is BC(B)(B)NC(=O)c1nnc(NC(=O)C2CC2)cc1Nc1cccc(-c2cc(C(=O)N3CCN(CCO)CC3)n(C)n2)c1OC. The van der Waals surface area contributed by atoms with Crippen LogP contribution in [-0.2, 0) is 11.8 Å². The minimum atomic E-state index is -0.520. The highest BCUT2D eigenvalue weighted by Gasteiger charge is 2.31. The van der Waals surface area contributed by atoms with E-state index in [0.717, 1.165) is 12.8 Å². The van der Waals surface area contributed by atoms with Gasteiger partial charge in [-0.05, 0) is 36.3 Å². The maximum absolute atomic E-state index is 13.4. The molecule has 0 atom stereocenters. The summed E-state index contributed by atoms with van der Waals surface area (Å²) in [5.74, 6) is -0.0511. The topological polar surface area (TPSA) is 167 Å². The van der Waals surface area contributed by atoms with Gasteiger partial charge in [-0.15, -0.1) is 10.2 Å². The molecular formula is C28H38B3N9O5. The standard InChI is InChI=1S/C28H38B3N9O5/c1-38-21(27(44)40-10-8-39(9-11-40)12-13-41)14-19(37-38)17-4-3-5-18(24(17)45-2)32-20-15-22(33-25(42)16-6-7-16)35-36-23(20)26(43)34-28(29,30)31/h3-5,14-16,41H,6-13,29-31H2,1-2H3,(H,34,43)(H2,32,33,35,42). The molecule has 1 aromatic carbocycles. The van der Waals surface area contributed by atoms with Crippen molar-refractivity contribution in [2.24, 2.45) is 13.0 Å². The molecular weight excluding hydrogens is 575 g/mol. The van der Waals surface area contributed by atoms with Crippen molar-refractivity contribution in [1.82, 2.24) is 35.1 Å². The molecule has 2 fully saturated rings. The Labute approximate surface area is 264 Å². The number of hydrogen-bond donors (Lipinski definition) is 4. The van der Waals surface area contributed by atoms with Crippen LogP contribution in [0, 0.1) is 5.92 Å². The Kier molecular flexibility index (Phi) is 9.49. The lowest BCUT2D eigenvalue weighted by molar-refractivity contribution is -0.117. The highest BCUT2D eigenvalue weighted by molar-refractivity contribution is 6.60. The van der Waals surface area contributed by atoms with Crippen LogP contribution in [0.4, 0.5) is 17.2 Å². The average molecular weight is 613 g/mol. The number of ether oxygens (including phenoxy) is 1. The highest BCUT2D eigenvalue weighted by Crippen LogP contribution is 2.38. The maximum Gasteiger partial charge on any atom is 0.272 e. The Morgan fingerprint density at radius 1 is 1.07 bits per heavy atom. The Morgan fingerprint density at radius 3 is 2.44 bits per heavy atom. The summed E-state index contributed by atoms with van der Waals surface area (Å²) in [7, 11) is 8.86. The largest absolute Gasteiger partial charge is 0.494 e. The van der Waals surface area contributed by atoms with Crippen LogP contribution in [0.15, 0.2) is 30.3 Å². The second-order valence-corrected chi connectivity index (χ2v) is 12.4. The zero-order valence-electron chi connectivity index (χ0n) is 26.4. The number of amides is 3. The fraction of sp³-hybridized carbons (Fsp3) is 0.429. The van der Waals surface area contributed by atoms with E-state index in [4.69, 9.17) is 4.74 Å². The molecule has 0 unspecified atom stereocenters. The first-order chi connectivity index (χ1) is 21.5. The van der Waals surface area contributed by atoms with Crippen LogP contribution < -0.4 is 20.7 Å². The number of carbonyl (C=O) groups excluding carboxylic acids is 3. The number of anilines is 3. The van der Waals surface area contributed by atoms with Gasteiger partial charge in [0.25, 0.3) is 11.8 Å². The van der Waals surface area contributed by atoms with Crippen LogP contribution in [0.25, 0.3) is 11.3 Å². The third-order valence-electron chi connectivity index (χ3n) is 7.64. The number of benzene rings is 1. The highest BCUT2D eigenvalue weighted by atomic mass is 16.5. The molecule has 5 rings (SSSR count). The van der Waals surface area contributed by atoms with Crippen molar-refractivity contribution in [3.05, 3.63) is 41.7 Å². The molecule has 1 saturated carbocycles. The summed E-state index contributed by atoms with van der Waals surface area (Å²) in [6.07, 6.45) is 1.67. The molecule has 1 aliphatic heterocycles. The number of aliphatic hydroxyl groups excluding tert-OH is 1. The second kappa shape index (κ2) is 13.3. The summed E-state index contributed by atoms with van der Waals surface area (Å²) >= 11 is 0. The molecule has 2 aromatic heterocycles. The zero-order valence-corrected chi connectivity index (χ0v) is 26.4. The Bertz CT molecular complexity index is 1580. The van der Waals surface area contributed by atoms with Gasteiger partial charge in [-0.3, -0.25) is 24.0 Å². The van der Waals surface area contributed by atoms with Gasteiger partial charge in [0.1, 0.15) is 29.2 Å². The lowest BCUT2D eigenvalue weighted by Crippen LogP contribution is -2.50. The third kappa shape index (κ3) is 7.66. The van der Waals surface area contributed by atoms with Gasteiger partial charge in [0.2, 0.25) is 5.91 Å². The van der Waals surface area contributed by atoms with Crippen LogP contribution >= 0.6 is 0 Å². The number of para-hydroxylation sites is 1. The summed E-state index contributed by atoms with van der Waals surface area (Å²) in [5, 5.41) is 30.6. The summed E-state index contributed by atoms with van der Waals surface area (Å²) in [5.41, 5.74) is 2.51. The smallest absolute Gasteiger partial charge is 0.272 e. The first-order valence-electron chi connectivity index (χ1n) is 15.1. The summed E-state index contributed by atoms with van der Waals surface area (Å²) in [6, 6.07) is 8.77. The van der Waals surface area contributed by atoms with Crippen molar-refractivity contribution < 1.29 is 24.2 Å². The monoisotopic (exact) mass is 613 g/mol. The van der Waals surface area contributed by atoms with Crippen molar-refractivity contribution in [2.75, 3.05) is 57.1 Å². The molecule has 3 aromatic rings. The Morgan fingerprint density at radius 2 is 1.80 bits per heavy atom. The van der Waals surface area contributed by atoms with Crippen molar-refractivity contribution in [3.63, 3.8) is 0 Å². The van der Waals surface area contributed by atoms with E-state index >= 15 is 0 Å². The van der Waals surface area contributed by atoms with Crippen molar-refractivity contribution in [3.8, 4) is 17.0 Å². The van der Waals surface area contributed by atoms with Crippen LogP contribution in [-0.4, -0.2) is 128 Å². The van der Waals surface area contributed by atoms with Gasteiger partial charge in [-0.2, -0.15) is 5.10 Å². The van der Waals surface area contributed by atoms with Gasteiger partial charge in [-0.1, -0.05) is 6.07 Å². The van der Waals surface area contributed by atoms with Crippen LogP contribution in [0.5, 0.6) is 5.75 Å². The number of nitrogens with one attached hydrogen (secondary N) is 3. The molecule has 2 aliphatic rings. The molecule has 1 saturated heterocycles. The average Bonchev–Trinajstić information content (AvgIpc) is 3.78. The van der Waals surface area contributed by atoms with Gasteiger partial charge in [-0.25, -0.2) is 0 Å². The van der Waals surface area contributed by atoms with Crippen LogP contribution in [0.1, 0.15) is 33.8 Å². The molecule has 1 aliphatic carbocycles. The Balaban J connectivity index is 1.43. The first-order valence-corrected chi connectivity index (χ1v) is 15.1. The molecule has 3 amide bonds. The van der Waals surface area contributed by atoms with Crippen molar-refractivity contribution in [2.45, 2.75) is 18.1 Å². The molecule has 234 valence electrons. The number of methoxy groups -OCH3 is 1. The van der Waals surface area contributed by atoms with E-state index in [9.17, 15) is 19.5 Å². The van der Waals surface area contributed by atoms with Crippen LogP contribution in [0.2, 0.25) is 0 Å². The zero-order chi connectivity index (χ0) is 32.3. The van der Waals surface area contributed by atoms with Crippen LogP contribution in [0.3, 0.4) is 0 Å². The molecule has 0 radical (unpaired) electrons. The lowest BCUT2D eigenvalue weighted by Gasteiger charge is -2.34. The number of aliphatic hydroxyl groups is 1. The summed E-state index contributed by atoms with van der Waals surface area (Å²) in [4.78, 5) is 43.0. The van der Waals surface area contributed by atoms with E-state index in [1.807, 2.05) is 35.7 Å². The van der Waals surface area contributed by atoms with E-state index in [2.05, 4.69) is 36.1 Å². The van der Waals surface area contributed by atoms with Crippen molar-refractivity contribution >= 4 is 58.5 Å². The molecule has 4 N–H and O–H groups in total. The van der Waals surface area contributed by atoms with Gasteiger partial charge in [0, 0.05) is 57.3 Å². The molecule has 3 heterocycles. The first kappa shape index (κ1) is 32.0. The maximum atomic E-state index is 13.4. The van der Waals surface area contributed by atoms with Gasteiger partial charge >= 0.3 is 0 Å². The summed E-state index contributed by atoms with van der Waals surface area (Å²) < 4.78 is 7.40. The van der Waals surface area contributed by atoms with E-state index in [-0.39, 0.29) is 35.9 Å². The number of rotatable bonds is 11. The third-order valence-corrected chi connectivity index (χ3v) is 7.64. The lowest BCUT2D eigenvalue weighted by atomic mass is 9.49. The van der Waals surface area contributed by atoms with Crippen molar-refractivity contribution in [1.29, 1.82) is 0 Å². The number of piperazine rings is 1. The fourth-order valence-electron chi connectivity index (χ4n) is 5.17. The molecule has 17 heteroatoms.